The Morgan fingerprint density at radius 2 is 1.80 bits per heavy atom. The van der Waals surface area contributed by atoms with Crippen molar-refractivity contribution < 1.29 is 19.5 Å². The van der Waals surface area contributed by atoms with Crippen LogP contribution in [0.5, 0.6) is 0 Å². The molecule has 0 aromatic carbocycles. The third kappa shape index (κ3) is 2.62. The van der Waals surface area contributed by atoms with Crippen molar-refractivity contribution in [1.82, 2.24) is 10.7 Å². The Labute approximate surface area is 55.2 Å². The van der Waals surface area contributed by atoms with Crippen LogP contribution in [0.2, 0.25) is 0 Å². The Bertz CT molecular complexity index is 177. The molecule has 0 aromatic rings. The second-order valence-corrected chi connectivity index (χ2v) is 1.23. The van der Waals surface area contributed by atoms with Gasteiger partial charge in [-0.25, -0.2) is 15.4 Å². The molecule has 0 spiro atoms. The number of urea groups is 1. The maximum absolute atomic E-state index is 10.1. The number of carbonyl (C=O) groups is 3. The summed E-state index contributed by atoms with van der Waals surface area (Å²) < 4.78 is 0. The fourth-order valence-electron chi connectivity index (χ4n) is 0.193. The van der Waals surface area contributed by atoms with Crippen molar-refractivity contribution in [2.45, 2.75) is 0 Å². The maximum Gasteiger partial charge on any atom is 0.394 e. The molecule has 0 unspecified atom stereocenters. The number of amides is 3. The first-order valence-electron chi connectivity index (χ1n) is 2.12. The topological polar surface area (TPSA) is 122 Å². The molecule has 3 amide bonds. The average molecular weight is 147 g/mol. The van der Waals surface area contributed by atoms with Gasteiger partial charge in [0.15, 0.2) is 0 Å². The standard InChI is InChI=1S/C3H5N3O4/c4-6-3(10)5-1(7)2(8)9/h4H2,(H,8,9)(H2,5,6,7,10). The van der Waals surface area contributed by atoms with Crippen LogP contribution in [-0.2, 0) is 9.59 Å². The molecule has 0 rings (SSSR count). The van der Waals surface area contributed by atoms with Gasteiger partial charge in [-0.2, -0.15) is 0 Å². The highest BCUT2D eigenvalue weighted by Crippen LogP contribution is 1.65. The Morgan fingerprint density at radius 1 is 1.30 bits per heavy atom. The van der Waals surface area contributed by atoms with Gasteiger partial charge in [0.05, 0.1) is 0 Å². The molecular weight excluding hydrogens is 142 g/mol. The molecule has 10 heavy (non-hydrogen) atoms. The summed E-state index contributed by atoms with van der Waals surface area (Å²) in [7, 11) is 0. The van der Waals surface area contributed by atoms with Gasteiger partial charge < -0.3 is 5.11 Å². The van der Waals surface area contributed by atoms with E-state index >= 15 is 0 Å². The molecule has 0 aliphatic rings. The fourth-order valence-corrected chi connectivity index (χ4v) is 0.193. The van der Waals surface area contributed by atoms with Crippen molar-refractivity contribution in [3.8, 4) is 0 Å². The summed E-state index contributed by atoms with van der Waals surface area (Å²) in [4.78, 5) is 29.9. The molecule has 0 fully saturated rings. The van der Waals surface area contributed by atoms with Crippen LogP contribution in [-0.4, -0.2) is 23.0 Å². The number of rotatable bonds is 0. The SMILES string of the molecule is NNC(=O)NC(=O)C(=O)O. The summed E-state index contributed by atoms with van der Waals surface area (Å²) in [5.74, 6) is 1.34. The number of aliphatic carboxylic acids is 1. The van der Waals surface area contributed by atoms with E-state index in [1.54, 1.807) is 0 Å². The third-order valence-corrected chi connectivity index (χ3v) is 0.552. The number of carboxylic acid groups (broad SMARTS) is 1. The Kier molecular flexibility index (Phi) is 2.85. The Balaban J connectivity index is 3.80. The van der Waals surface area contributed by atoms with Crippen LogP contribution in [0.4, 0.5) is 4.79 Å². The molecule has 0 saturated carbocycles. The molecule has 0 atom stereocenters. The molecule has 7 nitrogen and oxygen atoms in total. The van der Waals surface area contributed by atoms with E-state index in [2.05, 4.69) is 5.84 Å². The molecule has 7 heteroatoms. The number of imide groups is 1. The van der Waals surface area contributed by atoms with Crippen LogP contribution in [0.25, 0.3) is 0 Å². The lowest BCUT2D eigenvalue weighted by atomic mass is 10.6. The zero-order valence-corrected chi connectivity index (χ0v) is 4.75. The number of hydrazine groups is 1. The summed E-state index contributed by atoms with van der Waals surface area (Å²) in [6.07, 6.45) is 0. The van der Waals surface area contributed by atoms with E-state index in [0.717, 1.165) is 0 Å². The molecule has 0 heterocycles. The second-order valence-electron chi connectivity index (χ2n) is 1.23. The number of carboxylic acids is 1. The highest BCUT2D eigenvalue weighted by molar-refractivity contribution is 6.34. The van der Waals surface area contributed by atoms with Crippen molar-refractivity contribution in [2.24, 2.45) is 5.84 Å². The van der Waals surface area contributed by atoms with E-state index in [1.165, 1.54) is 10.7 Å². The van der Waals surface area contributed by atoms with Gasteiger partial charge in [0, 0.05) is 0 Å². The number of hydrogen-bond donors (Lipinski definition) is 4. The van der Waals surface area contributed by atoms with E-state index in [9.17, 15) is 14.4 Å². The molecule has 0 radical (unpaired) electrons. The van der Waals surface area contributed by atoms with Crippen molar-refractivity contribution >= 4 is 17.9 Å². The van der Waals surface area contributed by atoms with Crippen LogP contribution in [0.1, 0.15) is 0 Å². The van der Waals surface area contributed by atoms with E-state index in [1.807, 2.05) is 0 Å². The first-order valence-corrected chi connectivity index (χ1v) is 2.12. The molecule has 0 aliphatic heterocycles. The predicted molar refractivity (Wildman–Crippen MR) is 28.5 cm³/mol. The highest BCUT2D eigenvalue weighted by Gasteiger charge is 2.13. The molecule has 56 valence electrons. The highest BCUT2D eigenvalue weighted by atomic mass is 16.4. The predicted octanol–water partition coefficient (Wildman–Crippen LogP) is -2.23. The minimum atomic E-state index is -1.75. The monoisotopic (exact) mass is 147 g/mol. The van der Waals surface area contributed by atoms with E-state index in [-0.39, 0.29) is 0 Å². The van der Waals surface area contributed by atoms with Crippen molar-refractivity contribution in [3.05, 3.63) is 0 Å². The van der Waals surface area contributed by atoms with Crippen LogP contribution >= 0.6 is 0 Å². The van der Waals surface area contributed by atoms with E-state index in [4.69, 9.17) is 5.11 Å². The van der Waals surface area contributed by atoms with Crippen molar-refractivity contribution in [2.75, 3.05) is 0 Å². The smallest absolute Gasteiger partial charge is 0.394 e. The van der Waals surface area contributed by atoms with Crippen molar-refractivity contribution in [1.29, 1.82) is 0 Å². The zero-order valence-electron chi connectivity index (χ0n) is 4.75. The first-order chi connectivity index (χ1) is 4.57. The Hall–Kier alpha value is -1.63. The lowest BCUT2D eigenvalue weighted by Gasteiger charge is -1.96. The lowest BCUT2D eigenvalue weighted by molar-refractivity contribution is -0.149. The number of carbonyl (C=O) groups excluding carboxylic acids is 2. The number of nitrogens with one attached hydrogen (secondary N) is 2. The first kappa shape index (κ1) is 8.37. The number of hydrogen-bond acceptors (Lipinski definition) is 4. The lowest BCUT2D eigenvalue weighted by Crippen LogP contribution is -2.45. The normalized spacial score (nSPS) is 8.10. The quantitative estimate of drug-likeness (QED) is 0.134. The van der Waals surface area contributed by atoms with Gasteiger partial charge in [-0.1, -0.05) is 0 Å². The van der Waals surface area contributed by atoms with Gasteiger partial charge >= 0.3 is 17.9 Å². The summed E-state index contributed by atoms with van der Waals surface area (Å²) >= 11 is 0. The minimum Gasteiger partial charge on any atom is -0.474 e. The van der Waals surface area contributed by atoms with Gasteiger partial charge in [-0.3, -0.25) is 15.5 Å². The van der Waals surface area contributed by atoms with E-state index in [0.29, 0.717) is 0 Å². The van der Waals surface area contributed by atoms with Crippen LogP contribution in [0.15, 0.2) is 0 Å². The van der Waals surface area contributed by atoms with Crippen molar-refractivity contribution in [3.63, 3.8) is 0 Å². The third-order valence-electron chi connectivity index (χ3n) is 0.552. The Morgan fingerprint density at radius 3 is 2.10 bits per heavy atom. The minimum absolute atomic E-state index is 1.06. The fraction of sp³-hybridized carbons (Fsp3) is 0. The molecule has 0 aliphatic carbocycles. The summed E-state index contributed by atoms with van der Waals surface area (Å²) in [6.45, 7) is 0. The largest absolute Gasteiger partial charge is 0.474 e. The summed E-state index contributed by atoms with van der Waals surface area (Å²) in [5.41, 5.74) is 1.52. The number of nitrogens with two attached hydrogens (primary N) is 1. The van der Waals surface area contributed by atoms with Crippen LogP contribution in [0.3, 0.4) is 0 Å². The van der Waals surface area contributed by atoms with Crippen LogP contribution < -0.4 is 16.6 Å². The van der Waals surface area contributed by atoms with Crippen LogP contribution in [0, 0.1) is 0 Å². The second kappa shape index (κ2) is 3.41. The van der Waals surface area contributed by atoms with E-state index < -0.39 is 17.9 Å². The van der Waals surface area contributed by atoms with Gasteiger partial charge in [0.25, 0.3) is 0 Å². The maximum atomic E-state index is 10.1. The zero-order chi connectivity index (χ0) is 8.15. The van der Waals surface area contributed by atoms with Gasteiger partial charge in [0.2, 0.25) is 0 Å². The van der Waals surface area contributed by atoms with Gasteiger partial charge in [-0.15, -0.1) is 0 Å². The average Bonchev–Trinajstić information content (AvgIpc) is 1.87. The summed E-state index contributed by atoms with van der Waals surface area (Å²) in [5, 5.41) is 9.31. The van der Waals surface area contributed by atoms with Gasteiger partial charge in [0.1, 0.15) is 0 Å². The molecule has 0 aromatic heterocycles. The molecule has 5 N–H and O–H groups in total. The molecule has 0 saturated heterocycles. The molecule has 0 bridgehead atoms. The summed E-state index contributed by atoms with van der Waals surface area (Å²) in [6, 6.07) is -1.06. The van der Waals surface area contributed by atoms with Gasteiger partial charge in [-0.05, 0) is 0 Å². The molecular formula is C3H5N3O4.